The van der Waals surface area contributed by atoms with Crippen LogP contribution in [0.25, 0.3) is 0 Å². The van der Waals surface area contributed by atoms with Crippen LogP contribution < -0.4 is 4.74 Å². The van der Waals surface area contributed by atoms with E-state index in [1.807, 2.05) is 25.1 Å². The standard InChI is InChI=1S/C19H25NO5/c1-4-25-19(22)7-5-15(11-18(19)24-3)20-8-6-13-9-16(21)17(23-2)10-14(13)12-20/h5,7,9-11,18,21-22H,4,6,8,12H2,1-3H3. The molecule has 0 fully saturated rings. The topological polar surface area (TPSA) is 71.4 Å². The van der Waals surface area contributed by atoms with Gasteiger partial charge in [-0.05, 0) is 54.8 Å². The lowest BCUT2D eigenvalue weighted by Gasteiger charge is -2.37. The van der Waals surface area contributed by atoms with Crippen LogP contribution in [-0.2, 0) is 22.4 Å². The average molecular weight is 347 g/mol. The van der Waals surface area contributed by atoms with Crippen LogP contribution in [0.5, 0.6) is 11.5 Å². The van der Waals surface area contributed by atoms with Crippen LogP contribution in [0.1, 0.15) is 18.1 Å². The maximum atomic E-state index is 10.6. The van der Waals surface area contributed by atoms with E-state index in [0.717, 1.165) is 29.8 Å². The van der Waals surface area contributed by atoms with E-state index in [4.69, 9.17) is 14.2 Å². The van der Waals surface area contributed by atoms with Gasteiger partial charge in [0.15, 0.2) is 11.5 Å². The second-order valence-electron chi connectivity index (χ2n) is 6.23. The third-order valence-electron chi connectivity index (χ3n) is 4.73. The summed E-state index contributed by atoms with van der Waals surface area (Å²) in [7, 11) is 3.10. The van der Waals surface area contributed by atoms with Crippen LogP contribution in [0.15, 0.2) is 36.1 Å². The number of fused-ring (bicyclic) bond motifs is 1. The van der Waals surface area contributed by atoms with Crippen molar-refractivity contribution < 1.29 is 24.4 Å². The normalized spacial score (nSPS) is 25.5. The summed E-state index contributed by atoms with van der Waals surface area (Å²) in [6.45, 7) is 3.75. The Morgan fingerprint density at radius 1 is 1.28 bits per heavy atom. The molecule has 136 valence electrons. The van der Waals surface area contributed by atoms with Gasteiger partial charge in [0.2, 0.25) is 5.79 Å². The molecule has 1 heterocycles. The Bertz CT molecular complexity index is 699. The Hall–Kier alpha value is -2.02. The van der Waals surface area contributed by atoms with E-state index in [2.05, 4.69) is 4.90 Å². The van der Waals surface area contributed by atoms with Crippen molar-refractivity contribution in [2.24, 2.45) is 0 Å². The van der Waals surface area contributed by atoms with Crippen molar-refractivity contribution in [3.8, 4) is 11.5 Å². The van der Waals surface area contributed by atoms with Crippen molar-refractivity contribution >= 4 is 0 Å². The summed E-state index contributed by atoms with van der Waals surface area (Å²) in [4.78, 5) is 2.22. The Morgan fingerprint density at radius 2 is 2.08 bits per heavy atom. The summed E-state index contributed by atoms with van der Waals surface area (Å²) in [5, 5.41) is 20.5. The number of methoxy groups -OCH3 is 2. The van der Waals surface area contributed by atoms with Crippen LogP contribution >= 0.6 is 0 Å². The van der Waals surface area contributed by atoms with Crippen LogP contribution in [0.3, 0.4) is 0 Å². The number of allylic oxidation sites excluding steroid dienone is 1. The molecule has 2 atom stereocenters. The monoisotopic (exact) mass is 347 g/mol. The molecule has 0 spiro atoms. The van der Waals surface area contributed by atoms with Crippen molar-refractivity contribution in [2.45, 2.75) is 31.8 Å². The number of benzene rings is 1. The fourth-order valence-electron chi connectivity index (χ4n) is 3.40. The van der Waals surface area contributed by atoms with Gasteiger partial charge in [-0.3, -0.25) is 0 Å². The number of aromatic hydroxyl groups is 1. The Labute approximate surface area is 147 Å². The minimum atomic E-state index is -1.43. The molecule has 2 N–H and O–H groups in total. The van der Waals surface area contributed by atoms with E-state index < -0.39 is 11.9 Å². The first kappa shape index (κ1) is 17.8. The second kappa shape index (κ2) is 7.07. The molecule has 6 heteroatoms. The van der Waals surface area contributed by atoms with E-state index >= 15 is 0 Å². The van der Waals surface area contributed by atoms with E-state index in [1.165, 1.54) is 0 Å². The van der Waals surface area contributed by atoms with Gasteiger partial charge in [0, 0.05) is 32.5 Å². The number of rotatable bonds is 5. The molecule has 3 rings (SSSR count). The van der Waals surface area contributed by atoms with E-state index in [-0.39, 0.29) is 5.75 Å². The summed E-state index contributed by atoms with van der Waals surface area (Å²) < 4.78 is 16.1. The van der Waals surface area contributed by atoms with Crippen molar-refractivity contribution in [1.29, 1.82) is 0 Å². The molecule has 0 amide bonds. The first-order valence-corrected chi connectivity index (χ1v) is 8.44. The average Bonchev–Trinajstić information content (AvgIpc) is 2.61. The van der Waals surface area contributed by atoms with Crippen LogP contribution in [0, 0.1) is 0 Å². The predicted octanol–water partition coefficient (Wildman–Crippen LogP) is 1.95. The lowest BCUT2D eigenvalue weighted by molar-refractivity contribution is -0.216. The van der Waals surface area contributed by atoms with Crippen LogP contribution in [0.2, 0.25) is 0 Å². The fourth-order valence-corrected chi connectivity index (χ4v) is 3.40. The lowest BCUT2D eigenvalue weighted by atomic mass is 9.96. The second-order valence-corrected chi connectivity index (χ2v) is 6.23. The smallest absolute Gasteiger partial charge is 0.216 e. The van der Waals surface area contributed by atoms with Gasteiger partial charge >= 0.3 is 0 Å². The minimum Gasteiger partial charge on any atom is -0.504 e. The SMILES string of the molecule is CCOC1(O)C=CC(N2CCc3cc(O)c(OC)cc3C2)=CC1OC. The first-order chi connectivity index (χ1) is 12.0. The molecule has 0 saturated heterocycles. The number of hydrogen-bond donors (Lipinski definition) is 2. The number of hydrogen-bond acceptors (Lipinski definition) is 6. The van der Waals surface area contributed by atoms with Crippen molar-refractivity contribution in [3.63, 3.8) is 0 Å². The highest BCUT2D eigenvalue weighted by atomic mass is 16.6. The van der Waals surface area contributed by atoms with Gasteiger partial charge in [-0.2, -0.15) is 0 Å². The fraction of sp³-hybridized carbons (Fsp3) is 0.474. The van der Waals surface area contributed by atoms with Crippen molar-refractivity contribution in [2.75, 3.05) is 27.4 Å². The maximum Gasteiger partial charge on any atom is 0.216 e. The molecule has 0 bridgehead atoms. The van der Waals surface area contributed by atoms with Gasteiger partial charge in [0.05, 0.1) is 7.11 Å². The molecule has 1 aliphatic carbocycles. The molecule has 1 aliphatic heterocycles. The van der Waals surface area contributed by atoms with Crippen molar-refractivity contribution in [3.05, 3.63) is 47.2 Å². The number of nitrogens with zero attached hydrogens (tertiary/aromatic N) is 1. The van der Waals surface area contributed by atoms with Crippen LogP contribution in [-0.4, -0.2) is 54.4 Å². The van der Waals surface area contributed by atoms with Gasteiger partial charge in [-0.1, -0.05) is 0 Å². The molecule has 25 heavy (non-hydrogen) atoms. The highest BCUT2D eigenvalue weighted by Gasteiger charge is 2.37. The first-order valence-electron chi connectivity index (χ1n) is 8.44. The highest BCUT2D eigenvalue weighted by molar-refractivity contribution is 5.48. The Kier molecular flexibility index (Phi) is 5.03. The zero-order valence-corrected chi connectivity index (χ0v) is 14.9. The van der Waals surface area contributed by atoms with Crippen LogP contribution in [0.4, 0.5) is 0 Å². The lowest BCUT2D eigenvalue weighted by Crippen LogP contribution is -2.46. The van der Waals surface area contributed by atoms with E-state index in [0.29, 0.717) is 18.9 Å². The van der Waals surface area contributed by atoms with E-state index in [9.17, 15) is 10.2 Å². The highest BCUT2D eigenvalue weighted by Crippen LogP contribution is 2.34. The molecule has 0 aromatic heterocycles. The molecular formula is C19H25NO5. The predicted molar refractivity (Wildman–Crippen MR) is 93.4 cm³/mol. The zero-order chi connectivity index (χ0) is 18.0. The summed E-state index contributed by atoms with van der Waals surface area (Å²) in [6, 6.07) is 3.66. The summed E-state index contributed by atoms with van der Waals surface area (Å²) in [6.07, 6.45) is 5.66. The Balaban J connectivity index is 1.82. The quantitative estimate of drug-likeness (QED) is 0.794. The van der Waals surface area contributed by atoms with Gasteiger partial charge < -0.3 is 29.3 Å². The largest absolute Gasteiger partial charge is 0.504 e. The molecule has 1 aromatic rings. The summed E-state index contributed by atoms with van der Waals surface area (Å²) >= 11 is 0. The Morgan fingerprint density at radius 3 is 2.76 bits per heavy atom. The third-order valence-corrected chi connectivity index (χ3v) is 4.73. The zero-order valence-electron chi connectivity index (χ0n) is 14.9. The van der Waals surface area contributed by atoms with Crippen molar-refractivity contribution in [1.82, 2.24) is 4.90 Å². The molecule has 1 aromatic carbocycles. The third kappa shape index (κ3) is 3.38. The van der Waals surface area contributed by atoms with Gasteiger partial charge in [-0.25, -0.2) is 0 Å². The summed E-state index contributed by atoms with van der Waals surface area (Å²) in [5.74, 6) is -0.780. The number of phenolic OH excluding ortho intramolecular Hbond substituents is 1. The van der Waals surface area contributed by atoms with Gasteiger partial charge in [0.1, 0.15) is 6.10 Å². The molecule has 0 saturated carbocycles. The number of phenols is 1. The maximum absolute atomic E-state index is 10.6. The number of aliphatic hydroxyl groups is 1. The minimum absolute atomic E-state index is 0.174. The van der Waals surface area contributed by atoms with Gasteiger partial charge in [0.25, 0.3) is 0 Å². The number of ether oxygens (including phenoxy) is 3. The molecule has 2 aliphatic rings. The van der Waals surface area contributed by atoms with Gasteiger partial charge in [-0.15, -0.1) is 0 Å². The molecule has 6 nitrogen and oxygen atoms in total. The molecule has 0 radical (unpaired) electrons. The van der Waals surface area contributed by atoms with E-state index in [1.54, 1.807) is 26.4 Å². The summed E-state index contributed by atoms with van der Waals surface area (Å²) in [5.41, 5.74) is 3.23. The molecule has 2 unspecified atom stereocenters. The molecular weight excluding hydrogens is 322 g/mol.